The van der Waals surface area contributed by atoms with Crippen LogP contribution in [-0.4, -0.2) is 22.7 Å². The van der Waals surface area contributed by atoms with E-state index in [9.17, 15) is 14.9 Å². The maximum absolute atomic E-state index is 11.1. The van der Waals surface area contributed by atoms with E-state index < -0.39 is 11.0 Å². The van der Waals surface area contributed by atoms with Gasteiger partial charge in [-0.2, -0.15) is 0 Å². The standard InChI is InChI=1S/C11H13N3O4S/c1-3-18-11(15)13-10(19)12-9-5-4-8(14(16)17)6-7(9)2/h4-6H,3H2,1-2H3,(H2,12,13,15,19). The summed E-state index contributed by atoms with van der Waals surface area (Å²) in [6.45, 7) is 3.61. The van der Waals surface area contributed by atoms with Crippen LogP contribution >= 0.6 is 12.2 Å². The summed E-state index contributed by atoms with van der Waals surface area (Å²) in [6.07, 6.45) is -0.653. The Hall–Kier alpha value is -2.22. The lowest BCUT2D eigenvalue weighted by molar-refractivity contribution is -0.384. The number of amides is 1. The molecule has 0 fully saturated rings. The number of hydrogen-bond acceptors (Lipinski definition) is 5. The first-order valence-electron chi connectivity index (χ1n) is 5.43. The molecule has 0 aliphatic rings. The van der Waals surface area contributed by atoms with Gasteiger partial charge in [-0.3, -0.25) is 15.4 Å². The molecule has 0 radical (unpaired) electrons. The van der Waals surface area contributed by atoms with Gasteiger partial charge in [-0.15, -0.1) is 0 Å². The highest BCUT2D eigenvalue weighted by Crippen LogP contribution is 2.20. The Kier molecular flexibility index (Phi) is 5.19. The maximum atomic E-state index is 11.1. The van der Waals surface area contributed by atoms with Gasteiger partial charge in [-0.25, -0.2) is 4.79 Å². The molecule has 0 saturated heterocycles. The number of nitrogens with zero attached hydrogens (tertiary/aromatic N) is 1. The number of non-ortho nitro benzene ring substituents is 1. The Morgan fingerprint density at radius 3 is 2.74 bits per heavy atom. The quantitative estimate of drug-likeness (QED) is 0.502. The Morgan fingerprint density at radius 2 is 2.21 bits per heavy atom. The summed E-state index contributed by atoms with van der Waals surface area (Å²) in [5.41, 5.74) is 1.21. The lowest BCUT2D eigenvalue weighted by Crippen LogP contribution is -2.34. The highest BCUT2D eigenvalue weighted by Gasteiger charge is 2.10. The van der Waals surface area contributed by atoms with E-state index in [0.29, 0.717) is 11.3 Å². The van der Waals surface area contributed by atoms with Gasteiger partial charge in [0.25, 0.3) is 5.69 Å². The van der Waals surface area contributed by atoms with Crippen molar-refractivity contribution in [1.29, 1.82) is 0 Å². The Labute approximate surface area is 115 Å². The van der Waals surface area contributed by atoms with Crippen molar-refractivity contribution in [2.75, 3.05) is 11.9 Å². The Bertz CT molecular complexity index is 519. The number of alkyl carbamates (subject to hydrolysis) is 1. The van der Waals surface area contributed by atoms with Crippen molar-refractivity contribution in [3.8, 4) is 0 Å². The first-order chi connectivity index (χ1) is 8.93. The van der Waals surface area contributed by atoms with Gasteiger partial charge >= 0.3 is 6.09 Å². The minimum Gasteiger partial charge on any atom is -0.450 e. The van der Waals surface area contributed by atoms with E-state index in [0.717, 1.165) is 0 Å². The number of thiocarbonyl (C=S) groups is 1. The second-order valence-corrected chi connectivity index (χ2v) is 3.96. The molecule has 0 bridgehead atoms. The van der Waals surface area contributed by atoms with E-state index in [2.05, 4.69) is 15.4 Å². The first kappa shape index (κ1) is 14.8. The van der Waals surface area contributed by atoms with Crippen LogP contribution in [0.4, 0.5) is 16.2 Å². The van der Waals surface area contributed by atoms with Crippen LogP contribution in [0.5, 0.6) is 0 Å². The van der Waals surface area contributed by atoms with Gasteiger partial charge in [0.15, 0.2) is 5.11 Å². The lowest BCUT2D eigenvalue weighted by Gasteiger charge is -2.11. The van der Waals surface area contributed by atoms with Gasteiger partial charge in [0.2, 0.25) is 0 Å². The Balaban J connectivity index is 2.69. The molecule has 1 aromatic rings. The molecule has 1 amide bonds. The zero-order chi connectivity index (χ0) is 14.4. The van der Waals surface area contributed by atoms with Crippen LogP contribution in [0.1, 0.15) is 12.5 Å². The van der Waals surface area contributed by atoms with Gasteiger partial charge < -0.3 is 10.1 Å². The Morgan fingerprint density at radius 1 is 1.53 bits per heavy atom. The van der Waals surface area contributed by atoms with Crippen molar-refractivity contribution in [3.63, 3.8) is 0 Å². The molecule has 0 aliphatic heterocycles. The molecular weight excluding hydrogens is 270 g/mol. The molecule has 0 aromatic heterocycles. The van der Waals surface area contributed by atoms with Crippen molar-refractivity contribution in [2.24, 2.45) is 0 Å². The highest BCUT2D eigenvalue weighted by molar-refractivity contribution is 7.80. The molecule has 0 unspecified atom stereocenters. The van der Waals surface area contributed by atoms with Crippen LogP contribution < -0.4 is 10.6 Å². The highest BCUT2D eigenvalue weighted by atomic mass is 32.1. The molecule has 1 rings (SSSR count). The summed E-state index contributed by atoms with van der Waals surface area (Å²) < 4.78 is 4.66. The fourth-order valence-electron chi connectivity index (χ4n) is 1.32. The van der Waals surface area contributed by atoms with Gasteiger partial charge in [0, 0.05) is 17.8 Å². The van der Waals surface area contributed by atoms with Crippen molar-refractivity contribution < 1.29 is 14.5 Å². The molecule has 102 valence electrons. The largest absolute Gasteiger partial charge is 0.450 e. The summed E-state index contributed by atoms with van der Waals surface area (Å²) in [6, 6.07) is 4.28. The number of carbonyl (C=O) groups is 1. The number of nitro benzene ring substituents is 1. The van der Waals surface area contributed by atoms with Crippen LogP contribution in [-0.2, 0) is 4.74 Å². The summed E-state index contributed by atoms with van der Waals surface area (Å²) >= 11 is 4.91. The molecule has 19 heavy (non-hydrogen) atoms. The number of aryl methyl sites for hydroxylation is 1. The number of ether oxygens (including phenoxy) is 1. The topological polar surface area (TPSA) is 93.5 Å². The molecule has 0 aliphatic carbocycles. The number of carbonyl (C=O) groups excluding carboxylic acids is 1. The number of nitro groups is 1. The van der Waals surface area contributed by atoms with Gasteiger partial charge in [0.05, 0.1) is 11.5 Å². The fraction of sp³-hybridized carbons (Fsp3) is 0.273. The summed E-state index contributed by atoms with van der Waals surface area (Å²) in [5.74, 6) is 0. The number of nitrogens with one attached hydrogen (secondary N) is 2. The third kappa shape index (κ3) is 4.51. The predicted octanol–water partition coefficient (Wildman–Crippen LogP) is 2.35. The van der Waals surface area contributed by atoms with Crippen LogP contribution in [0.15, 0.2) is 18.2 Å². The van der Waals surface area contributed by atoms with Crippen LogP contribution in [0.2, 0.25) is 0 Å². The number of rotatable bonds is 3. The minimum absolute atomic E-state index is 0.00711. The zero-order valence-electron chi connectivity index (χ0n) is 10.4. The van der Waals surface area contributed by atoms with Gasteiger partial charge in [-0.1, -0.05) is 0 Å². The smallest absolute Gasteiger partial charge is 0.413 e. The van der Waals surface area contributed by atoms with Crippen molar-refractivity contribution in [3.05, 3.63) is 33.9 Å². The second-order valence-electron chi connectivity index (χ2n) is 3.56. The SMILES string of the molecule is CCOC(=O)NC(=S)Nc1ccc([N+](=O)[O-])cc1C. The molecule has 7 nitrogen and oxygen atoms in total. The van der Waals surface area contributed by atoms with Crippen LogP contribution in [0.3, 0.4) is 0 Å². The normalized spacial score (nSPS) is 9.58. The molecule has 0 saturated carbocycles. The van der Waals surface area contributed by atoms with Crippen LogP contribution in [0.25, 0.3) is 0 Å². The molecular formula is C11H13N3O4S. The third-order valence-electron chi connectivity index (χ3n) is 2.16. The number of benzene rings is 1. The van der Waals surface area contributed by atoms with E-state index in [-0.39, 0.29) is 17.4 Å². The summed E-state index contributed by atoms with van der Waals surface area (Å²) in [4.78, 5) is 21.2. The van der Waals surface area contributed by atoms with Crippen molar-refractivity contribution >= 4 is 34.8 Å². The fourth-order valence-corrected chi connectivity index (χ4v) is 1.51. The van der Waals surface area contributed by atoms with Crippen molar-refractivity contribution in [2.45, 2.75) is 13.8 Å². The summed E-state index contributed by atoms with van der Waals surface area (Å²) in [5, 5.41) is 15.7. The van der Waals surface area contributed by atoms with Gasteiger partial charge in [0.1, 0.15) is 0 Å². The van der Waals surface area contributed by atoms with E-state index in [4.69, 9.17) is 12.2 Å². The average Bonchev–Trinajstić information content (AvgIpc) is 2.31. The third-order valence-corrected chi connectivity index (χ3v) is 2.36. The maximum Gasteiger partial charge on any atom is 0.413 e. The molecule has 0 atom stereocenters. The van der Waals surface area contributed by atoms with E-state index in [1.54, 1.807) is 13.8 Å². The zero-order valence-corrected chi connectivity index (χ0v) is 11.2. The van der Waals surface area contributed by atoms with E-state index >= 15 is 0 Å². The lowest BCUT2D eigenvalue weighted by atomic mass is 10.2. The molecule has 0 heterocycles. The molecule has 0 spiro atoms. The van der Waals surface area contributed by atoms with Crippen LogP contribution in [0, 0.1) is 17.0 Å². The predicted molar refractivity (Wildman–Crippen MR) is 74.2 cm³/mol. The number of hydrogen-bond donors (Lipinski definition) is 2. The second kappa shape index (κ2) is 6.64. The monoisotopic (exact) mass is 283 g/mol. The van der Waals surface area contributed by atoms with Crippen molar-refractivity contribution in [1.82, 2.24) is 5.32 Å². The van der Waals surface area contributed by atoms with E-state index in [1.165, 1.54) is 18.2 Å². The molecule has 8 heteroatoms. The van der Waals surface area contributed by atoms with E-state index in [1.807, 2.05) is 0 Å². The molecule has 2 N–H and O–H groups in total. The number of anilines is 1. The molecule has 1 aromatic carbocycles. The van der Waals surface area contributed by atoms with Gasteiger partial charge in [-0.05, 0) is 37.7 Å². The average molecular weight is 283 g/mol. The summed E-state index contributed by atoms with van der Waals surface area (Å²) in [7, 11) is 0. The first-order valence-corrected chi connectivity index (χ1v) is 5.84. The minimum atomic E-state index is -0.653.